The molecule has 7 nitrogen and oxygen atoms in total. The second kappa shape index (κ2) is 9.02. The second-order valence-corrected chi connectivity index (χ2v) is 8.54. The summed E-state index contributed by atoms with van der Waals surface area (Å²) in [6.45, 7) is 3.63. The highest BCUT2D eigenvalue weighted by atomic mass is 32.2. The fraction of sp³-hybridized carbons (Fsp3) is 0.353. The monoisotopic (exact) mass is 395 g/mol. The van der Waals surface area contributed by atoms with Gasteiger partial charge in [-0.1, -0.05) is 26.0 Å². The number of amides is 1. The molecular formula is C17H21N3O4S2. The van der Waals surface area contributed by atoms with Gasteiger partial charge in [0.25, 0.3) is 5.91 Å². The van der Waals surface area contributed by atoms with Gasteiger partial charge in [-0.05, 0) is 18.1 Å². The second-order valence-electron chi connectivity index (χ2n) is 5.99. The number of aromatic nitrogens is 1. The number of carbonyl (C=O) groups is 2. The van der Waals surface area contributed by atoms with Crippen molar-refractivity contribution < 1.29 is 18.5 Å². The van der Waals surface area contributed by atoms with Crippen LogP contribution in [-0.4, -0.2) is 33.4 Å². The number of anilines is 1. The van der Waals surface area contributed by atoms with E-state index in [4.69, 9.17) is 10.5 Å². The molecule has 1 aromatic heterocycles. The molecule has 2 atom stereocenters. The molecule has 2 rings (SSSR count). The van der Waals surface area contributed by atoms with E-state index in [1.54, 1.807) is 30.7 Å². The summed E-state index contributed by atoms with van der Waals surface area (Å²) in [5.74, 6) is -0.611. The van der Waals surface area contributed by atoms with E-state index in [1.807, 2.05) is 13.8 Å². The summed E-state index contributed by atoms with van der Waals surface area (Å²) in [6.07, 6.45) is 3.18. The molecule has 0 spiro atoms. The molecule has 0 aliphatic heterocycles. The van der Waals surface area contributed by atoms with Gasteiger partial charge < -0.3 is 10.5 Å². The number of benzene rings is 1. The number of nitrogens with two attached hydrogens (primary N) is 1. The van der Waals surface area contributed by atoms with Crippen LogP contribution in [0.5, 0.6) is 5.75 Å². The van der Waals surface area contributed by atoms with E-state index < -0.39 is 28.7 Å². The van der Waals surface area contributed by atoms with E-state index in [0.29, 0.717) is 10.9 Å². The van der Waals surface area contributed by atoms with Crippen LogP contribution < -0.4 is 15.8 Å². The van der Waals surface area contributed by atoms with Crippen molar-refractivity contribution in [3.63, 3.8) is 0 Å². The topological polar surface area (TPSA) is 111 Å². The lowest BCUT2D eigenvalue weighted by atomic mass is 10.1. The minimum Gasteiger partial charge on any atom is -0.425 e. The van der Waals surface area contributed by atoms with Gasteiger partial charge in [0, 0.05) is 28.1 Å². The lowest BCUT2D eigenvalue weighted by Crippen LogP contribution is -2.38. The highest BCUT2D eigenvalue weighted by molar-refractivity contribution is 7.83. The van der Waals surface area contributed by atoms with Gasteiger partial charge in [0.05, 0.1) is 11.3 Å². The van der Waals surface area contributed by atoms with Crippen LogP contribution >= 0.6 is 11.3 Å². The van der Waals surface area contributed by atoms with Gasteiger partial charge in [0.2, 0.25) is 0 Å². The number of hydrogen-bond donors (Lipinski definition) is 2. The first-order valence-corrected chi connectivity index (χ1v) is 10.4. The number of rotatable bonds is 7. The van der Waals surface area contributed by atoms with E-state index in [9.17, 15) is 13.8 Å². The smallest absolute Gasteiger partial charge is 0.328 e. The summed E-state index contributed by atoms with van der Waals surface area (Å²) in [5, 5.41) is 3.05. The van der Waals surface area contributed by atoms with Crippen molar-refractivity contribution in [2.24, 2.45) is 11.7 Å². The number of nitrogens with one attached hydrogen (secondary N) is 1. The Morgan fingerprint density at radius 2 is 2.04 bits per heavy atom. The van der Waals surface area contributed by atoms with Gasteiger partial charge in [0.1, 0.15) is 11.8 Å². The van der Waals surface area contributed by atoms with Crippen LogP contribution in [-0.2, 0) is 21.3 Å². The Kier molecular flexibility index (Phi) is 7.01. The Balaban J connectivity index is 2.13. The third kappa shape index (κ3) is 5.45. The van der Waals surface area contributed by atoms with Crippen molar-refractivity contribution >= 4 is 39.1 Å². The van der Waals surface area contributed by atoms with Gasteiger partial charge in [-0.15, -0.1) is 11.3 Å². The zero-order valence-corrected chi connectivity index (χ0v) is 16.4. The molecule has 0 saturated heterocycles. The predicted octanol–water partition coefficient (Wildman–Crippen LogP) is 2.16. The van der Waals surface area contributed by atoms with Gasteiger partial charge in [-0.3, -0.25) is 14.3 Å². The first-order chi connectivity index (χ1) is 12.3. The van der Waals surface area contributed by atoms with E-state index in [2.05, 4.69) is 10.3 Å². The summed E-state index contributed by atoms with van der Waals surface area (Å²) < 4.78 is 16.6. The Morgan fingerprint density at radius 3 is 2.69 bits per heavy atom. The Labute approximate surface area is 158 Å². The molecule has 2 aromatic rings. The fourth-order valence-corrected chi connectivity index (χ4v) is 3.80. The molecule has 1 unspecified atom stereocenters. The third-order valence-corrected chi connectivity index (χ3v) is 5.27. The largest absolute Gasteiger partial charge is 0.425 e. The van der Waals surface area contributed by atoms with Crippen LogP contribution in [0.25, 0.3) is 0 Å². The summed E-state index contributed by atoms with van der Waals surface area (Å²) in [5.41, 5.74) is 5.99. The number of thiazole rings is 1. The Morgan fingerprint density at radius 1 is 1.35 bits per heavy atom. The Hall–Kier alpha value is -2.10. The van der Waals surface area contributed by atoms with Crippen molar-refractivity contribution in [2.45, 2.75) is 25.6 Å². The standard InChI is InChI=1S/C17H21N3O4S2/c1-10(2)14(18)16(22)24-13-7-5-4-6-12(13)15(21)20-17-19-8-11(25-17)9-26(3)23/h4-8,10,14H,9,18H2,1-3H3,(H,19,20,21)/t14-,26?/m0/s1. The number of esters is 1. The lowest BCUT2D eigenvalue weighted by molar-refractivity contribution is -0.136. The van der Waals surface area contributed by atoms with Crippen molar-refractivity contribution in [3.8, 4) is 5.75 Å². The van der Waals surface area contributed by atoms with Crippen molar-refractivity contribution in [1.82, 2.24) is 4.98 Å². The molecule has 1 aromatic carbocycles. The normalized spacial score (nSPS) is 13.3. The van der Waals surface area contributed by atoms with Gasteiger partial charge in [-0.25, -0.2) is 9.78 Å². The van der Waals surface area contributed by atoms with Gasteiger partial charge in [-0.2, -0.15) is 0 Å². The van der Waals surface area contributed by atoms with E-state index >= 15 is 0 Å². The average molecular weight is 396 g/mol. The summed E-state index contributed by atoms with van der Waals surface area (Å²) >= 11 is 1.25. The average Bonchev–Trinajstić information content (AvgIpc) is 3.00. The maximum absolute atomic E-state index is 12.5. The van der Waals surface area contributed by atoms with Crippen LogP contribution in [0, 0.1) is 5.92 Å². The molecular weight excluding hydrogens is 374 g/mol. The SMILES string of the molecule is CC(C)[C@H](N)C(=O)Oc1ccccc1C(=O)Nc1ncc(CS(C)=O)s1. The first kappa shape index (κ1) is 20.2. The molecule has 0 aliphatic rings. The minimum atomic E-state index is -0.982. The number of carbonyl (C=O) groups excluding carboxylic acids is 2. The number of nitrogens with zero attached hydrogens (tertiary/aromatic N) is 1. The third-order valence-electron chi connectivity index (χ3n) is 3.45. The first-order valence-electron chi connectivity index (χ1n) is 7.90. The number of ether oxygens (including phenoxy) is 1. The fourth-order valence-electron chi connectivity index (χ4n) is 1.99. The molecule has 0 fully saturated rings. The molecule has 3 N–H and O–H groups in total. The van der Waals surface area contributed by atoms with Crippen LogP contribution in [0.2, 0.25) is 0 Å². The van der Waals surface area contributed by atoms with Crippen LogP contribution in [0.3, 0.4) is 0 Å². The summed E-state index contributed by atoms with van der Waals surface area (Å²) in [6, 6.07) is 5.64. The van der Waals surface area contributed by atoms with Crippen molar-refractivity contribution in [3.05, 3.63) is 40.9 Å². The molecule has 0 saturated carbocycles. The van der Waals surface area contributed by atoms with Crippen molar-refractivity contribution in [1.29, 1.82) is 0 Å². The minimum absolute atomic E-state index is 0.0821. The van der Waals surface area contributed by atoms with E-state index in [0.717, 1.165) is 4.88 Å². The number of hydrogen-bond acceptors (Lipinski definition) is 7. The molecule has 1 heterocycles. The zero-order valence-electron chi connectivity index (χ0n) is 14.7. The van der Waals surface area contributed by atoms with Crippen LogP contribution in [0.1, 0.15) is 29.1 Å². The van der Waals surface area contributed by atoms with E-state index in [1.165, 1.54) is 17.4 Å². The maximum Gasteiger partial charge on any atom is 0.328 e. The molecule has 1 amide bonds. The summed E-state index contributed by atoms with van der Waals surface area (Å²) in [4.78, 5) is 29.5. The van der Waals surface area contributed by atoms with Gasteiger partial charge in [0.15, 0.2) is 5.13 Å². The Bertz CT molecular complexity index is 820. The highest BCUT2D eigenvalue weighted by Gasteiger charge is 2.22. The molecule has 140 valence electrons. The zero-order chi connectivity index (χ0) is 19.3. The highest BCUT2D eigenvalue weighted by Crippen LogP contribution is 2.23. The van der Waals surface area contributed by atoms with Crippen molar-refractivity contribution in [2.75, 3.05) is 11.6 Å². The molecule has 26 heavy (non-hydrogen) atoms. The predicted molar refractivity (Wildman–Crippen MR) is 103 cm³/mol. The van der Waals surface area contributed by atoms with Gasteiger partial charge >= 0.3 is 5.97 Å². The molecule has 9 heteroatoms. The molecule has 0 aliphatic carbocycles. The lowest BCUT2D eigenvalue weighted by Gasteiger charge is -2.15. The molecule has 0 radical (unpaired) electrons. The number of para-hydroxylation sites is 1. The quantitative estimate of drug-likeness (QED) is 0.549. The van der Waals surface area contributed by atoms with Crippen LogP contribution in [0.4, 0.5) is 5.13 Å². The summed E-state index contributed by atoms with van der Waals surface area (Å²) in [7, 11) is -0.982. The van der Waals surface area contributed by atoms with E-state index in [-0.39, 0.29) is 17.2 Å². The maximum atomic E-state index is 12.5. The van der Waals surface area contributed by atoms with Crippen LogP contribution in [0.15, 0.2) is 30.5 Å². The molecule has 0 bridgehead atoms.